The molecule has 0 spiro atoms. The predicted octanol–water partition coefficient (Wildman–Crippen LogP) is 2.49. The van der Waals surface area contributed by atoms with Crippen LogP contribution in [0.3, 0.4) is 0 Å². The van der Waals surface area contributed by atoms with Crippen LogP contribution in [0.5, 0.6) is 0 Å². The number of aromatic amines is 1. The van der Waals surface area contributed by atoms with Crippen LogP contribution >= 0.6 is 0 Å². The van der Waals surface area contributed by atoms with Gasteiger partial charge in [-0.2, -0.15) is 0 Å². The molecule has 0 saturated heterocycles. The van der Waals surface area contributed by atoms with Gasteiger partial charge in [-0.05, 0) is 43.7 Å². The van der Waals surface area contributed by atoms with Crippen LogP contribution in [0.15, 0.2) is 42.7 Å². The molecular formula is C18H22N3+. The van der Waals surface area contributed by atoms with Gasteiger partial charge in [0.25, 0.3) is 0 Å². The van der Waals surface area contributed by atoms with Crippen molar-refractivity contribution in [3.05, 3.63) is 65.1 Å². The molecule has 0 aliphatic carbocycles. The molecule has 0 aliphatic rings. The SMILES string of the molecule is Cc1ccc2[nH]c(C)c(CC[NH2+]Cc3ccncc3)c2c1. The maximum atomic E-state index is 4.05. The molecule has 0 fully saturated rings. The molecule has 3 heteroatoms. The van der Waals surface area contributed by atoms with E-state index in [0.29, 0.717) is 0 Å². The average Bonchev–Trinajstić information content (AvgIpc) is 2.80. The van der Waals surface area contributed by atoms with E-state index in [1.165, 1.54) is 33.3 Å². The topological polar surface area (TPSA) is 45.3 Å². The Balaban J connectivity index is 1.65. The third kappa shape index (κ3) is 3.14. The lowest BCUT2D eigenvalue weighted by Gasteiger charge is -2.03. The van der Waals surface area contributed by atoms with Crippen molar-refractivity contribution in [3.63, 3.8) is 0 Å². The number of pyridine rings is 1. The van der Waals surface area contributed by atoms with Gasteiger partial charge in [0.15, 0.2) is 0 Å². The second-order valence-corrected chi connectivity index (χ2v) is 5.66. The highest BCUT2D eigenvalue weighted by molar-refractivity contribution is 5.85. The summed E-state index contributed by atoms with van der Waals surface area (Å²) in [5, 5.41) is 3.74. The number of hydrogen-bond acceptors (Lipinski definition) is 1. The first kappa shape index (κ1) is 13.8. The number of benzene rings is 1. The van der Waals surface area contributed by atoms with Crippen LogP contribution in [0.1, 0.15) is 22.4 Å². The first-order valence-corrected chi connectivity index (χ1v) is 7.52. The normalized spacial score (nSPS) is 11.1. The minimum Gasteiger partial charge on any atom is -0.358 e. The Bertz CT molecular complexity index is 729. The maximum Gasteiger partial charge on any atom is 0.101 e. The monoisotopic (exact) mass is 280 g/mol. The smallest absolute Gasteiger partial charge is 0.101 e. The molecule has 2 heterocycles. The van der Waals surface area contributed by atoms with Gasteiger partial charge < -0.3 is 10.3 Å². The van der Waals surface area contributed by atoms with Crippen molar-refractivity contribution in [2.75, 3.05) is 6.54 Å². The summed E-state index contributed by atoms with van der Waals surface area (Å²) in [5.74, 6) is 0. The third-order valence-electron chi connectivity index (χ3n) is 4.00. The van der Waals surface area contributed by atoms with Crippen molar-refractivity contribution in [2.45, 2.75) is 26.8 Å². The van der Waals surface area contributed by atoms with Crippen LogP contribution in [-0.2, 0) is 13.0 Å². The average molecular weight is 280 g/mol. The molecule has 3 N–H and O–H groups in total. The molecule has 3 rings (SSSR count). The van der Waals surface area contributed by atoms with Crippen molar-refractivity contribution in [1.82, 2.24) is 9.97 Å². The standard InChI is InChI=1S/C18H21N3/c1-13-3-4-18-17(11-13)16(14(2)21-18)7-10-20-12-15-5-8-19-9-6-15/h3-6,8-9,11,20-21H,7,10,12H2,1-2H3/p+1. The molecule has 3 aromatic rings. The molecule has 1 aromatic carbocycles. The summed E-state index contributed by atoms with van der Waals surface area (Å²) in [6, 6.07) is 10.8. The van der Waals surface area contributed by atoms with Crippen molar-refractivity contribution in [2.24, 2.45) is 0 Å². The van der Waals surface area contributed by atoms with Crippen LogP contribution in [0.4, 0.5) is 0 Å². The number of nitrogens with zero attached hydrogens (tertiary/aromatic N) is 1. The number of nitrogens with one attached hydrogen (secondary N) is 1. The minimum absolute atomic E-state index is 1.02. The maximum absolute atomic E-state index is 4.05. The van der Waals surface area contributed by atoms with E-state index in [2.05, 4.69) is 59.5 Å². The molecular weight excluding hydrogens is 258 g/mol. The van der Waals surface area contributed by atoms with Gasteiger partial charge in [0.05, 0.1) is 6.54 Å². The number of quaternary nitrogens is 1. The van der Waals surface area contributed by atoms with Crippen LogP contribution in [-0.4, -0.2) is 16.5 Å². The quantitative estimate of drug-likeness (QED) is 0.693. The summed E-state index contributed by atoms with van der Waals surface area (Å²) in [6.07, 6.45) is 4.81. The highest BCUT2D eigenvalue weighted by Crippen LogP contribution is 2.23. The Kier molecular flexibility index (Phi) is 4.02. The van der Waals surface area contributed by atoms with Crippen molar-refractivity contribution in [3.8, 4) is 0 Å². The Morgan fingerprint density at radius 2 is 1.90 bits per heavy atom. The zero-order chi connectivity index (χ0) is 14.7. The van der Waals surface area contributed by atoms with Crippen LogP contribution in [0.25, 0.3) is 10.9 Å². The fraction of sp³-hybridized carbons (Fsp3) is 0.278. The minimum atomic E-state index is 1.02. The fourth-order valence-electron chi connectivity index (χ4n) is 2.85. The van der Waals surface area contributed by atoms with Crippen molar-refractivity contribution < 1.29 is 5.32 Å². The number of H-pyrrole nitrogens is 1. The third-order valence-corrected chi connectivity index (χ3v) is 4.00. The largest absolute Gasteiger partial charge is 0.358 e. The van der Waals surface area contributed by atoms with Crippen LogP contribution in [0.2, 0.25) is 0 Å². The van der Waals surface area contributed by atoms with Gasteiger partial charge in [-0.3, -0.25) is 4.98 Å². The van der Waals surface area contributed by atoms with Gasteiger partial charge in [0.2, 0.25) is 0 Å². The van der Waals surface area contributed by atoms with Gasteiger partial charge in [-0.25, -0.2) is 0 Å². The zero-order valence-electron chi connectivity index (χ0n) is 12.7. The number of rotatable bonds is 5. The van der Waals surface area contributed by atoms with E-state index in [1.807, 2.05) is 12.4 Å². The van der Waals surface area contributed by atoms with Crippen molar-refractivity contribution >= 4 is 10.9 Å². The Hall–Kier alpha value is -2.13. The lowest BCUT2D eigenvalue weighted by molar-refractivity contribution is -0.670. The number of nitrogens with two attached hydrogens (primary N) is 1. The number of hydrogen-bond donors (Lipinski definition) is 2. The van der Waals surface area contributed by atoms with E-state index in [9.17, 15) is 0 Å². The van der Waals surface area contributed by atoms with E-state index in [1.54, 1.807) is 0 Å². The van der Waals surface area contributed by atoms with Crippen LogP contribution in [0, 0.1) is 13.8 Å². The second-order valence-electron chi connectivity index (χ2n) is 5.66. The summed E-state index contributed by atoms with van der Waals surface area (Å²) in [4.78, 5) is 7.54. The van der Waals surface area contributed by atoms with Gasteiger partial charge in [0.1, 0.15) is 6.54 Å². The molecule has 21 heavy (non-hydrogen) atoms. The lowest BCUT2D eigenvalue weighted by Crippen LogP contribution is -2.83. The highest BCUT2D eigenvalue weighted by atomic mass is 14.8. The highest BCUT2D eigenvalue weighted by Gasteiger charge is 2.09. The van der Waals surface area contributed by atoms with Gasteiger partial charge >= 0.3 is 0 Å². The molecule has 108 valence electrons. The van der Waals surface area contributed by atoms with Crippen LogP contribution < -0.4 is 5.32 Å². The Morgan fingerprint density at radius 3 is 2.71 bits per heavy atom. The van der Waals surface area contributed by atoms with Gasteiger partial charge in [-0.15, -0.1) is 0 Å². The number of aryl methyl sites for hydroxylation is 2. The molecule has 0 amide bonds. The molecule has 0 aliphatic heterocycles. The molecule has 0 unspecified atom stereocenters. The first-order chi connectivity index (χ1) is 10.2. The van der Waals surface area contributed by atoms with E-state index >= 15 is 0 Å². The number of fused-ring (bicyclic) bond motifs is 1. The Morgan fingerprint density at radius 1 is 1.10 bits per heavy atom. The van der Waals surface area contributed by atoms with Gasteiger partial charge in [0, 0.05) is 41.0 Å². The molecule has 0 saturated carbocycles. The Labute approximate surface area is 125 Å². The summed E-state index contributed by atoms with van der Waals surface area (Å²) in [7, 11) is 0. The predicted molar refractivity (Wildman–Crippen MR) is 86.2 cm³/mol. The van der Waals surface area contributed by atoms with Crippen molar-refractivity contribution in [1.29, 1.82) is 0 Å². The second kappa shape index (κ2) is 6.10. The molecule has 0 radical (unpaired) electrons. The molecule has 0 bridgehead atoms. The summed E-state index contributed by atoms with van der Waals surface area (Å²) >= 11 is 0. The molecule has 0 atom stereocenters. The number of aromatic nitrogens is 2. The van der Waals surface area contributed by atoms with E-state index in [4.69, 9.17) is 0 Å². The summed E-state index contributed by atoms with van der Waals surface area (Å²) in [5.41, 5.74) is 6.66. The summed E-state index contributed by atoms with van der Waals surface area (Å²) < 4.78 is 0. The lowest BCUT2D eigenvalue weighted by atomic mass is 10.1. The van der Waals surface area contributed by atoms with E-state index < -0.39 is 0 Å². The van der Waals surface area contributed by atoms with E-state index in [-0.39, 0.29) is 0 Å². The fourth-order valence-corrected chi connectivity index (χ4v) is 2.85. The molecule has 3 nitrogen and oxygen atoms in total. The van der Waals surface area contributed by atoms with Gasteiger partial charge in [-0.1, -0.05) is 11.6 Å². The molecule has 2 aromatic heterocycles. The summed E-state index contributed by atoms with van der Waals surface area (Å²) in [6.45, 7) is 6.45. The zero-order valence-corrected chi connectivity index (χ0v) is 12.7. The van der Waals surface area contributed by atoms with E-state index in [0.717, 1.165) is 19.5 Å². The first-order valence-electron chi connectivity index (χ1n) is 7.52.